The van der Waals surface area contributed by atoms with Crippen molar-refractivity contribution in [3.63, 3.8) is 0 Å². The summed E-state index contributed by atoms with van der Waals surface area (Å²) in [5.41, 5.74) is 6.77. The molecular formula is C14H16F3N5O2. The van der Waals surface area contributed by atoms with E-state index in [1.807, 2.05) is 0 Å². The highest BCUT2D eigenvalue weighted by atomic mass is 19.3. The summed E-state index contributed by atoms with van der Waals surface area (Å²) in [4.78, 5) is 16.6. The Morgan fingerprint density at radius 1 is 1.50 bits per heavy atom. The van der Waals surface area contributed by atoms with Gasteiger partial charge in [0.1, 0.15) is 0 Å². The van der Waals surface area contributed by atoms with Crippen molar-refractivity contribution in [2.24, 2.45) is 5.11 Å². The SMILES string of the molecule is COC(=O)/C(=C/Nc1cnc(N2CCC(F)(F)CC2)c(F)c1)N=N. The van der Waals surface area contributed by atoms with E-state index in [1.54, 1.807) is 0 Å². The topological polar surface area (TPSA) is 90.7 Å². The van der Waals surface area contributed by atoms with Crippen molar-refractivity contribution in [3.05, 3.63) is 30.0 Å². The Balaban J connectivity index is 2.08. The Kier molecular flexibility index (Phi) is 5.37. The summed E-state index contributed by atoms with van der Waals surface area (Å²) in [6, 6.07) is 1.12. The first-order valence-corrected chi connectivity index (χ1v) is 7.07. The van der Waals surface area contributed by atoms with Crippen LogP contribution in [-0.2, 0) is 9.53 Å². The molecule has 0 saturated carbocycles. The van der Waals surface area contributed by atoms with Crippen LogP contribution >= 0.6 is 0 Å². The normalized spacial score (nSPS) is 17.3. The smallest absolute Gasteiger partial charge is 0.360 e. The largest absolute Gasteiger partial charge is 0.464 e. The van der Waals surface area contributed by atoms with Crippen LogP contribution in [0.3, 0.4) is 0 Å². The minimum Gasteiger partial charge on any atom is -0.464 e. The monoisotopic (exact) mass is 343 g/mol. The molecule has 1 aromatic heterocycles. The fraction of sp³-hybridized carbons (Fsp3) is 0.429. The lowest BCUT2D eigenvalue weighted by Gasteiger charge is -2.32. The standard InChI is InChI=1S/C14H16F3N5O2/c1-24-13(23)11(21-18)8-19-9-6-10(15)12(20-7-9)22-4-2-14(16,17)3-5-22/h6-8,18-19H,2-5H2,1H3/b11-8-,21-18?. The van der Waals surface area contributed by atoms with Gasteiger partial charge in [0, 0.05) is 38.2 Å². The van der Waals surface area contributed by atoms with E-state index in [9.17, 15) is 18.0 Å². The van der Waals surface area contributed by atoms with Gasteiger partial charge < -0.3 is 15.0 Å². The summed E-state index contributed by atoms with van der Waals surface area (Å²) in [5.74, 6) is -4.22. The lowest BCUT2D eigenvalue weighted by molar-refractivity contribution is -0.136. The van der Waals surface area contributed by atoms with E-state index in [0.717, 1.165) is 19.4 Å². The molecule has 1 fully saturated rings. The number of methoxy groups -OCH3 is 1. The lowest BCUT2D eigenvalue weighted by atomic mass is 10.1. The Morgan fingerprint density at radius 3 is 2.71 bits per heavy atom. The second-order valence-corrected chi connectivity index (χ2v) is 5.15. The maximum Gasteiger partial charge on any atom is 0.360 e. The molecule has 0 bridgehead atoms. The molecule has 2 heterocycles. The van der Waals surface area contributed by atoms with Crippen molar-refractivity contribution < 1.29 is 22.7 Å². The summed E-state index contributed by atoms with van der Waals surface area (Å²) >= 11 is 0. The van der Waals surface area contributed by atoms with Crippen molar-refractivity contribution in [3.8, 4) is 0 Å². The molecule has 7 nitrogen and oxygen atoms in total. The second kappa shape index (κ2) is 7.28. The molecule has 1 aliphatic rings. The number of carbonyl (C=O) groups is 1. The fourth-order valence-corrected chi connectivity index (χ4v) is 2.18. The molecule has 2 N–H and O–H groups in total. The van der Waals surface area contributed by atoms with Crippen LogP contribution in [0.25, 0.3) is 0 Å². The summed E-state index contributed by atoms with van der Waals surface area (Å²) in [7, 11) is 1.14. The molecular weight excluding hydrogens is 327 g/mol. The van der Waals surface area contributed by atoms with Crippen LogP contribution in [0.15, 0.2) is 29.3 Å². The lowest BCUT2D eigenvalue weighted by Crippen LogP contribution is -2.40. The average Bonchev–Trinajstić information content (AvgIpc) is 2.55. The third-order valence-corrected chi connectivity index (χ3v) is 3.51. The molecule has 0 amide bonds. The number of pyridine rings is 1. The van der Waals surface area contributed by atoms with Gasteiger partial charge in [-0.2, -0.15) is 0 Å². The van der Waals surface area contributed by atoms with E-state index in [-0.39, 0.29) is 43.1 Å². The molecule has 24 heavy (non-hydrogen) atoms. The van der Waals surface area contributed by atoms with Crippen LogP contribution in [0.1, 0.15) is 12.8 Å². The summed E-state index contributed by atoms with van der Waals surface area (Å²) in [6.07, 6.45) is 1.69. The number of nitrogens with one attached hydrogen (secondary N) is 2. The number of piperidine rings is 1. The molecule has 10 heteroatoms. The first kappa shape index (κ1) is 17.7. The summed E-state index contributed by atoms with van der Waals surface area (Å²) in [6.45, 7) is 0.0433. The van der Waals surface area contributed by atoms with Gasteiger partial charge in [-0.1, -0.05) is 0 Å². The number of nitrogens with zero attached hydrogens (tertiary/aromatic N) is 3. The zero-order valence-electron chi connectivity index (χ0n) is 12.9. The molecule has 1 aliphatic heterocycles. The molecule has 0 unspecified atom stereocenters. The van der Waals surface area contributed by atoms with E-state index in [1.165, 1.54) is 11.1 Å². The van der Waals surface area contributed by atoms with Gasteiger partial charge in [-0.3, -0.25) is 0 Å². The van der Waals surface area contributed by atoms with E-state index >= 15 is 0 Å². The van der Waals surface area contributed by atoms with Gasteiger partial charge in [-0.05, 0) is 0 Å². The van der Waals surface area contributed by atoms with Gasteiger partial charge in [-0.25, -0.2) is 28.5 Å². The van der Waals surface area contributed by atoms with E-state index in [0.29, 0.717) is 0 Å². The van der Waals surface area contributed by atoms with Crippen LogP contribution < -0.4 is 10.2 Å². The molecule has 0 radical (unpaired) electrons. The summed E-state index contributed by atoms with van der Waals surface area (Å²) in [5, 5.41) is 5.56. The van der Waals surface area contributed by atoms with E-state index in [4.69, 9.17) is 5.53 Å². The molecule has 1 aromatic rings. The van der Waals surface area contributed by atoms with Crippen LogP contribution in [0, 0.1) is 11.3 Å². The number of rotatable bonds is 5. The maximum atomic E-state index is 14.2. The number of hydrogen-bond donors (Lipinski definition) is 2. The average molecular weight is 343 g/mol. The molecule has 0 aromatic carbocycles. The van der Waals surface area contributed by atoms with Crippen LogP contribution in [0.5, 0.6) is 0 Å². The highest BCUT2D eigenvalue weighted by Crippen LogP contribution is 2.31. The number of hydrogen-bond acceptors (Lipinski definition) is 7. The van der Waals surface area contributed by atoms with Crippen LogP contribution in [-0.4, -0.2) is 37.1 Å². The third-order valence-electron chi connectivity index (χ3n) is 3.51. The zero-order valence-corrected chi connectivity index (χ0v) is 12.9. The Hall–Kier alpha value is -2.65. The predicted octanol–water partition coefficient (Wildman–Crippen LogP) is 2.91. The number of aromatic nitrogens is 1. The Labute approximate surface area is 136 Å². The number of esters is 1. The molecule has 1 saturated heterocycles. The minimum absolute atomic E-state index is 0.00148. The summed E-state index contributed by atoms with van der Waals surface area (Å²) < 4.78 is 44.9. The number of carbonyl (C=O) groups excluding carboxylic acids is 1. The highest BCUT2D eigenvalue weighted by Gasteiger charge is 2.35. The van der Waals surface area contributed by atoms with Gasteiger partial charge in [0.25, 0.3) is 5.92 Å². The highest BCUT2D eigenvalue weighted by molar-refractivity contribution is 5.88. The van der Waals surface area contributed by atoms with Gasteiger partial charge in [0.2, 0.25) is 0 Å². The second-order valence-electron chi connectivity index (χ2n) is 5.15. The maximum absolute atomic E-state index is 14.2. The number of alkyl halides is 2. The minimum atomic E-state index is -2.72. The predicted molar refractivity (Wildman–Crippen MR) is 79.5 cm³/mol. The van der Waals surface area contributed by atoms with Crippen molar-refractivity contribution in [2.45, 2.75) is 18.8 Å². The van der Waals surface area contributed by atoms with Crippen molar-refractivity contribution >= 4 is 17.5 Å². The van der Waals surface area contributed by atoms with Gasteiger partial charge in [0.15, 0.2) is 17.3 Å². The van der Waals surface area contributed by atoms with E-state index in [2.05, 4.69) is 20.2 Å². The molecule has 0 atom stereocenters. The number of anilines is 2. The quantitative estimate of drug-likeness (QED) is 0.487. The zero-order chi connectivity index (χ0) is 17.7. The number of ether oxygens (including phenoxy) is 1. The van der Waals surface area contributed by atoms with E-state index < -0.39 is 17.7 Å². The van der Waals surface area contributed by atoms with Crippen LogP contribution in [0.2, 0.25) is 0 Å². The molecule has 0 aliphatic carbocycles. The fourth-order valence-electron chi connectivity index (χ4n) is 2.18. The Morgan fingerprint density at radius 2 is 2.17 bits per heavy atom. The van der Waals surface area contributed by atoms with Gasteiger partial charge >= 0.3 is 5.97 Å². The van der Waals surface area contributed by atoms with Gasteiger partial charge in [0.05, 0.1) is 19.0 Å². The van der Waals surface area contributed by atoms with Gasteiger partial charge in [-0.15, -0.1) is 5.11 Å². The first-order valence-electron chi connectivity index (χ1n) is 7.07. The third kappa shape index (κ3) is 4.21. The molecule has 2 rings (SSSR count). The van der Waals surface area contributed by atoms with Crippen molar-refractivity contribution in [2.75, 3.05) is 30.4 Å². The number of halogens is 3. The molecule has 0 spiro atoms. The van der Waals surface area contributed by atoms with Crippen LogP contribution in [0.4, 0.5) is 24.7 Å². The molecule has 130 valence electrons. The van der Waals surface area contributed by atoms with Crippen molar-refractivity contribution in [1.82, 2.24) is 4.98 Å². The Bertz CT molecular complexity index is 656. The first-order chi connectivity index (χ1) is 11.4. The van der Waals surface area contributed by atoms with Crippen molar-refractivity contribution in [1.29, 1.82) is 5.53 Å².